The van der Waals surface area contributed by atoms with E-state index in [0.717, 1.165) is 32.5 Å². The molecule has 2 aromatic heterocycles. The highest BCUT2D eigenvalue weighted by atomic mass is 32.1. The standard InChI is InChI=1S/C17H25N5OS/c1-3-21(4-2)17(23)16-13-22(19-18-16)14-7-5-9-20(11-14)12-15-8-6-10-24-15/h6,8,10,13-14H,3-5,7,9,11-12H2,1-2H3/t14-/m1/s1. The highest BCUT2D eigenvalue weighted by Crippen LogP contribution is 2.23. The summed E-state index contributed by atoms with van der Waals surface area (Å²) in [5, 5.41) is 10.5. The van der Waals surface area contributed by atoms with Crippen LogP contribution in [0.5, 0.6) is 0 Å². The Bertz CT molecular complexity index is 650. The Morgan fingerprint density at radius 2 is 2.25 bits per heavy atom. The second-order valence-corrected chi connectivity index (χ2v) is 7.20. The number of amides is 1. The van der Waals surface area contributed by atoms with Crippen LogP contribution in [0.25, 0.3) is 0 Å². The molecule has 24 heavy (non-hydrogen) atoms. The van der Waals surface area contributed by atoms with Crippen LogP contribution in [0.15, 0.2) is 23.7 Å². The quantitative estimate of drug-likeness (QED) is 0.806. The number of rotatable bonds is 6. The van der Waals surface area contributed by atoms with Crippen LogP contribution in [-0.2, 0) is 6.54 Å². The summed E-state index contributed by atoms with van der Waals surface area (Å²) in [6.07, 6.45) is 4.05. The van der Waals surface area contributed by atoms with E-state index in [0.29, 0.717) is 24.8 Å². The molecule has 0 radical (unpaired) electrons. The highest BCUT2D eigenvalue weighted by Gasteiger charge is 2.24. The van der Waals surface area contributed by atoms with E-state index in [1.807, 2.05) is 24.7 Å². The average Bonchev–Trinajstić information content (AvgIpc) is 3.28. The van der Waals surface area contributed by atoms with Crippen molar-refractivity contribution in [2.45, 2.75) is 39.3 Å². The van der Waals surface area contributed by atoms with Crippen LogP contribution < -0.4 is 0 Å². The van der Waals surface area contributed by atoms with Crippen molar-refractivity contribution in [1.82, 2.24) is 24.8 Å². The maximum absolute atomic E-state index is 12.4. The Morgan fingerprint density at radius 1 is 1.42 bits per heavy atom. The number of nitrogens with zero attached hydrogens (tertiary/aromatic N) is 5. The van der Waals surface area contributed by atoms with Crippen molar-refractivity contribution in [2.75, 3.05) is 26.2 Å². The summed E-state index contributed by atoms with van der Waals surface area (Å²) < 4.78 is 1.89. The fourth-order valence-corrected chi connectivity index (χ4v) is 3.99. The predicted octanol–water partition coefficient (Wildman–Crippen LogP) is 2.66. The third kappa shape index (κ3) is 3.84. The lowest BCUT2D eigenvalue weighted by molar-refractivity contribution is 0.0767. The summed E-state index contributed by atoms with van der Waals surface area (Å²) in [5.74, 6) is -0.0301. The van der Waals surface area contributed by atoms with Gasteiger partial charge in [-0.3, -0.25) is 9.69 Å². The largest absolute Gasteiger partial charge is 0.338 e. The van der Waals surface area contributed by atoms with E-state index in [2.05, 4.69) is 32.7 Å². The summed E-state index contributed by atoms with van der Waals surface area (Å²) in [7, 11) is 0. The fourth-order valence-electron chi connectivity index (χ4n) is 3.24. The monoisotopic (exact) mass is 347 g/mol. The van der Waals surface area contributed by atoms with Crippen LogP contribution >= 0.6 is 11.3 Å². The van der Waals surface area contributed by atoms with E-state index in [9.17, 15) is 4.79 Å². The molecule has 3 rings (SSSR count). The summed E-state index contributed by atoms with van der Waals surface area (Å²) in [6, 6.07) is 4.58. The Balaban J connectivity index is 1.65. The molecule has 0 saturated carbocycles. The lowest BCUT2D eigenvalue weighted by atomic mass is 10.1. The minimum Gasteiger partial charge on any atom is -0.338 e. The molecule has 1 saturated heterocycles. The Hall–Kier alpha value is -1.73. The zero-order valence-electron chi connectivity index (χ0n) is 14.4. The first-order chi connectivity index (χ1) is 11.7. The number of hydrogen-bond donors (Lipinski definition) is 0. The molecule has 1 aliphatic heterocycles. The maximum Gasteiger partial charge on any atom is 0.276 e. The molecule has 1 aliphatic rings. The van der Waals surface area contributed by atoms with Gasteiger partial charge in [0.1, 0.15) is 0 Å². The fraction of sp³-hybridized carbons (Fsp3) is 0.588. The predicted molar refractivity (Wildman–Crippen MR) is 95.1 cm³/mol. The Kier molecular flexibility index (Phi) is 5.63. The van der Waals surface area contributed by atoms with Gasteiger partial charge in [-0.1, -0.05) is 11.3 Å². The third-order valence-corrected chi connectivity index (χ3v) is 5.46. The van der Waals surface area contributed by atoms with Crippen molar-refractivity contribution >= 4 is 17.2 Å². The Labute approximate surface area is 147 Å². The summed E-state index contributed by atoms with van der Waals surface area (Å²) in [6.45, 7) is 8.42. The molecular formula is C17H25N5OS. The first-order valence-corrected chi connectivity index (χ1v) is 9.55. The van der Waals surface area contributed by atoms with Gasteiger partial charge in [0.2, 0.25) is 0 Å². The first kappa shape index (κ1) is 17.1. The lowest BCUT2D eigenvalue weighted by Crippen LogP contribution is -2.36. The molecule has 0 aromatic carbocycles. The van der Waals surface area contributed by atoms with Crippen LogP contribution in [0, 0.1) is 0 Å². The number of carbonyl (C=O) groups excluding carboxylic acids is 1. The van der Waals surface area contributed by atoms with E-state index < -0.39 is 0 Å². The molecule has 0 aliphatic carbocycles. The molecular weight excluding hydrogens is 322 g/mol. The van der Waals surface area contributed by atoms with Crippen molar-refractivity contribution in [3.8, 4) is 0 Å². The van der Waals surface area contributed by atoms with Gasteiger partial charge in [-0.25, -0.2) is 4.68 Å². The van der Waals surface area contributed by atoms with Gasteiger partial charge < -0.3 is 4.90 Å². The van der Waals surface area contributed by atoms with Gasteiger partial charge >= 0.3 is 0 Å². The first-order valence-electron chi connectivity index (χ1n) is 8.67. The van der Waals surface area contributed by atoms with Gasteiger partial charge in [0.05, 0.1) is 12.2 Å². The molecule has 0 N–H and O–H groups in total. The van der Waals surface area contributed by atoms with Crippen molar-refractivity contribution in [3.05, 3.63) is 34.3 Å². The second kappa shape index (κ2) is 7.90. The molecule has 0 bridgehead atoms. The van der Waals surface area contributed by atoms with Crippen LogP contribution in [-0.4, -0.2) is 56.9 Å². The molecule has 0 unspecified atom stereocenters. The van der Waals surface area contributed by atoms with Crippen molar-refractivity contribution in [3.63, 3.8) is 0 Å². The van der Waals surface area contributed by atoms with E-state index in [4.69, 9.17) is 0 Å². The van der Waals surface area contributed by atoms with E-state index >= 15 is 0 Å². The minimum absolute atomic E-state index is 0.0301. The van der Waals surface area contributed by atoms with Crippen molar-refractivity contribution in [2.24, 2.45) is 0 Å². The topological polar surface area (TPSA) is 54.3 Å². The van der Waals surface area contributed by atoms with Gasteiger partial charge in [-0.15, -0.1) is 16.4 Å². The van der Waals surface area contributed by atoms with Crippen LogP contribution in [0.2, 0.25) is 0 Å². The third-order valence-electron chi connectivity index (χ3n) is 4.59. The molecule has 2 aromatic rings. The molecule has 1 amide bonds. The smallest absolute Gasteiger partial charge is 0.276 e. The molecule has 1 fully saturated rings. The van der Waals surface area contributed by atoms with Crippen LogP contribution in [0.3, 0.4) is 0 Å². The average molecular weight is 347 g/mol. The van der Waals surface area contributed by atoms with Gasteiger partial charge in [0.25, 0.3) is 5.91 Å². The molecule has 3 heterocycles. The number of aromatic nitrogens is 3. The summed E-state index contributed by atoms with van der Waals surface area (Å²) >= 11 is 1.80. The normalized spacial score (nSPS) is 18.7. The number of thiophene rings is 1. The zero-order valence-corrected chi connectivity index (χ0v) is 15.2. The number of hydrogen-bond acceptors (Lipinski definition) is 5. The molecule has 7 heteroatoms. The van der Waals surface area contributed by atoms with E-state index in [1.165, 1.54) is 4.88 Å². The van der Waals surface area contributed by atoms with Crippen molar-refractivity contribution in [1.29, 1.82) is 0 Å². The number of piperidine rings is 1. The van der Waals surface area contributed by atoms with Gasteiger partial charge in [-0.2, -0.15) is 0 Å². The number of likely N-dealkylation sites (tertiary alicyclic amines) is 1. The SMILES string of the molecule is CCN(CC)C(=O)c1cn([C@@H]2CCCN(Cc3cccs3)C2)nn1. The molecule has 6 nitrogen and oxygen atoms in total. The summed E-state index contributed by atoms with van der Waals surface area (Å²) in [5.41, 5.74) is 0.453. The van der Waals surface area contributed by atoms with Crippen LogP contribution in [0.1, 0.15) is 48.1 Å². The molecule has 1 atom stereocenters. The Morgan fingerprint density at radius 3 is 2.96 bits per heavy atom. The molecule has 130 valence electrons. The summed E-state index contributed by atoms with van der Waals surface area (Å²) in [4.78, 5) is 18.0. The zero-order chi connectivity index (χ0) is 16.9. The highest BCUT2D eigenvalue weighted by molar-refractivity contribution is 7.09. The van der Waals surface area contributed by atoms with E-state index in [1.54, 1.807) is 16.2 Å². The van der Waals surface area contributed by atoms with E-state index in [-0.39, 0.29) is 5.91 Å². The molecule has 0 spiro atoms. The van der Waals surface area contributed by atoms with Gasteiger partial charge in [-0.05, 0) is 44.7 Å². The minimum atomic E-state index is -0.0301. The van der Waals surface area contributed by atoms with Gasteiger partial charge in [0.15, 0.2) is 5.69 Å². The maximum atomic E-state index is 12.4. The van der Waals surface area contributed by atoms with Crippen molar-refractivity contribution < 1.29 is 4.79 Å². The van der Waals surface area contributed by atoms with Crippen LogP contribution in [0.4, 0.5) is 0 Å². The van der Waals surface area contributed by atoms with Gasteiger partial charge in [0, 0.05) is 31.1 Å². The lowest BCUT2D eigenvalue weighted by Gasteiger charge is -2.32. The second-order valence-electron chi connectivity index (χ2n) is 6.17. The number of carbonyl (C=O) groups is 1.